The van der Waals surface area contributed by atoms with Crippen molar-refractivity contribution in [2.45, 2.75) is 83.5 Å². The quantitative estimate of drug-likeness (QED) is 0.379. The largest absolute Gasteiger partial charge is 0.304 e. The van der Waals surface area contributed by atoms with Gasteiger partial charge in [-0.3, -0.25) is 0 Å². The fourth-order valence-corrected chi connectivity index (χ4v) is 6.00. The SMILES string of the molecule is CC1(C)c2c[c-]c(-c3cc4c(cn3)C3CCC4C3)cc2C(C)(C)C1(C)C.[Ir]. The van der Waals surface area contributed by atoms with Crippen molar-refractivity contribution in [1.29, 1.82) is 0 Å². The summed E-state index contributed by atoms with van der Waals surface area (Å²) in [6.45, 7) is 14.4. The summed E-state index contributed by atoms with van der Waals surface area (Å²) in [6, 6.07) is 10.6. The molecule has 1 aromatic carbocycles. The van der Waals surface area contributed by atoms with Crippen LogP contribution in [0.25, 0.3) is 11.3 Å². The Labute approximate surface area is 177 Å². The van der Waals surface area contributed by atoms with E-state index in [1.807, 2.05) is 0 Å². The van der Waals surface area contributed by atoms with Crippen LogP contribution in [0.2, 0.25) is 0 Å². The first kappa shape index (κ1) is 19.3. The van der Waals surface area contributed by atoms with Gasteiger partial charge in [-0.1, -0.05) is 47.6 Å². The van der Waals surface area contributed by atoms with Crippen molar-refractivity contribution < 1.29 is 20.1 Å². The molecule has 5 rings (SSSR count). The van der Waals surface area contributed by atoms with Gasteiger partial charge < -0.3 is 4.98 Å². The summed E-state index contributed by atoms with van der Waals surface area (Å²) in [5.74, 6) is 1.56. The van der Waals surface area contributed by atoms with Gasteiger partial charge in [-0.2, -0.15) is 0 Å². The first-order chi connectivity index (χ1) is 12.1. The van der Waals surface area contributed by atoms with Crippen molar-refractivity contribution in [3.63, 3.8) is 0 Å². The Hall–Kier alpha value is -0.981. The van der Waals surface area contributed by atoms with Crippen LogP contribution >= 0.6 is 0 Å². The van der Waals surface area contributed by atoms with E-state index in [0.29, 0.717) is 0 Å². The second-order valence-electron chi connectivity index (χ2n) is 10.5. The summed E-state index contributed by atoms with van der Waals surface area (Å²) in [4.78, 5) is 4.85. The first-order valence-corrected chi connectivity index (χ1v) is 10.2. The molecular weight excluding hydrogens is 506 g/mol. The second kappa shape index (κ2) is 5.77. The van der Waals surface area contributed by atoms with E-state index in [9.17, 15) is 0 Å². The average Bonchev–Trinajstić information content (AvgIpc) is 3.24. The monoisotopic (exact) mass is 537 g/mol. The number of nitrogens with zero attached hydrogens (tertiary/aromatic N) is 1. The van der Waals surface area contributed by atoms with E-state index in [4.69, 9.17) is 4.98 Å². The molecular formula is C25H30IrN-. The second-order valence-corrected chi connectivity index (χ2v) is 10.5. The summed E-state index contributed by atoms with van der Waals surface area (Å²) < 4.78 is 0. The number of pyridine rings is 1. The summed E-state index contributed by atoms with van der Waals surface area (Å²) >= 11 is 0. The molecule has 1 heterocycles. The molecule has 2 unspecified atom stereocenters. The van der Waals surface area contributed by atoms with Crippen LogP contribution in [0.3, 0.4) is 0 Å². The number of aromatic nitrogens is 1. The summed E-state index contributed by atoms with van der Waals surface area (Å²) in [7, 11) is 0. The van der Waals surface area contributed by atoms with E-state index in [1.165, 1.54) is 36.0 Å². The molecule has 0 saturated heterocycles. The maximum atomic E-state index is 4.85. The van der Waals surface area contributed by atoms with E-state index in [0.717, 1.165) is 23.1 Å². The topological polar surface area (TPSA) is 12.9 Å². The van der Waals surface area contributed by atoms with Crippen molar-refractivity contribution in [3.05, 3.63) is 52.7 Å². The number of rotatable bonds is 1. The van der Waals surface area contributed by atoms with E-state index in [1.54, 1.807) is 5.56 Å². The molecule has 0 N–H and O–H groups in total. The number of fused-ring (bicyclic) bond motifs is 6. The average molecular weight is 537 g/mol. The van der Waals surface area contributed by atoms with E-state index in [-0.39, 0.29) is 36.4 Å². The Morgan fingerprint density at radius 1 is 0.889 bits per heavy atom. The van der Waals surface area contributed by atoms with E-state index in [2.05, 4.69) is 72.0 Å². The molecule has 1 fully saturated rings. The number of hydrogen-bond donors (Lipinski definition) is 0. The van der Waals surface area contributed by atoms with Gasteiger partial charge in [-0.15, -0.1) is 34.9 Å². The third-order valence-electron chi connectivity index (χ3n) is 8.98. The van der Waals surface area contributed by atoms with Gasteiger partial charge in [-0.25, -0.2) is 0 Å². The third-order valence-corrected chi connectivity index (χ3v) is 8.98. The molecule has 1 saturated carbocycles. The predicted molar refractivity (Wildman–Crippen MR) is 108 cm³/mol. The summed E-state index contributed by atoms with van der Waals surface area (Å²) in [5, 5.41) is 0. The molecule has 27 heavy (non-hydrogen) atoms. The summed E-state index contributed by atoms with van der Waals surface area (Å²) in [5.41, 5.74) is 8.76. The van der Waals surface area contributed by atoms with Gasteiger partial charge in [0.05, 0.1) is 0 Å². The number of benzene rings is 1. The van der Waals surface area contributed by atoms with Crippen LogP contribution in [0.4, 0.5) is 0 Å². The minimum atomic E-state index is 0. The van der Waals surface area contributed by atoms with Crippen LogP contribution in [0, 0.1) is 11.5 Å². The van der Waals surface area contributed by atoms with E-state index >= 15 is 0 Å². The van der Waals surface area contributed by atoms with Crippen molar-refractivity contribution in [3.8, 4) is 11.3 Å². The summed E-state index contributed by atoms with van der Waals surface area (Å²) in [6.07, 6.45) is 6.24. The van der Waals surface area contributed by atoms with Gasteiger partial charge in [-0.05, 0) is 64.2 Å². The Morgan fingerprint density at radius 2 is 1.52 bits per heavy atom. The Kier molecular flexibility index (Phi) is 4.13. The standard InChI is InChI=1S/C25H30N.Ir/c1-23(2)20-10-9-17(12-21(20)24(3,4)25(23,5)6)22-13-18-15-7-8-16(11-15)19(18)14-26-22;/h10,12-16H,7-8,11H2,1-6H3;/q-1;. The number of hydrogen-bond acceptors (Lipinski definition) is 1. The first-order valence-electron chi connectivity index (χ1n) is 10.2. The minimum Gasteiger partial charge on any atom is -0.304 e. The fraction of sp³-hybridized carbons (Fsp3) is 0.560. The van der Waals surface area contributed by atoms with Crippen LogP contribution in [-0.4, -0.2) is 4.98 Å². The molecule has 0 aliphatic heterocycles. The van der Waals surface area contributed by atoms with Crippen LogP contribution in [0.5, 0.6) is 0 Å². The Morgan fingerprint density at radius 3 is 2.22 bits per heavy atom. The smallest absolute Gasteiger partial charge is 0.0198 e. The van der Waals surface area contributed by atoms with Gasteiger partial charge in [0.2, 0.25) is 0 Å². The van der Waals surface area contributed by atoms with Gasteiger partial charge in [0.15, 0.2) is 0 Å². The molecule has 2 heteroatoms. The Balaban J connectivity index is 0.00000180. The third kappa shape index (κ3) is 2.29. The van der Waals surface area contributed by atoms with Crippen molar-refractivity contribution in [2.75, 3.05) is 0 Å². The normalized spacial score (nSPS) is 27.8. The zero-order chi connectivity index (χ0) is 18.5. The minimum absolute atomic E-state index is 0. The molecule has 1 aromatic heterocycles. The zero-order valence-corrected chi connectivity index (χ0v) is 19.8. The van der Waals surface area contributed by atoms with Crippen LogP contribution in [0.1, 0.15) is 94.9 Å². The van der Waals surface area contributed by atoms with Gasteiger partial charge in [0.25, 0.3) is 0 Å². The molecule has 3 aliphatic carbocycles. The maximum Gasteiger partial charge on any atom is 0.0198 e. The predicted octanol–water partition coefficient (Wildman–Crippen LogP) is 6.51. The Bertz CT molecular complexity index is 922. The molecule has 2 bridgehead atoms. The van der Waals surface area contributed by atoms with Crippen LogP contribution in [-0.2, 0) is 30.9 Å². The van der Waals surface area contributed by atoms with Gasteiger partial charge in [0.1, 0.15) is 0 Å². The van der Waals surface area contributed by atoms with Crippen LogP contribution < -0.4 is 0 Å². The maximum absolute atomic E-state index is 4.85. The van der Waals surface area contributed by atoms with Crippen LogP contribution in [0.15, 0.2) is 24.4 Å². The van der Waals surface area contributed by atoms with Crippen molar-refractivity contribution in [1.82, 2.24) is 4.98 Å². The molecule has 1 radical (unpaired) electrons. The van der Waals surface area contributed by atoms with Crippen molar-refractivity contribution in [2.24, 2.45) is 5.41 Å². The zero-order valence-electron chi connectivity index (χ0n) is 17.4. The molecule has 145 valence electrons. The molecule has 0 amide bonds. The molecule has 0 spiro atoms. The molecule has 2 aromatic rings. The van der Waals surface area contributed by atoms with Gasteiger partial charge >= 0.3 is 0 Å². The fourth-order valence-electron chi connectivity index (χ4n) is 6.00. The molecule has 1 nitrogen and oxygen atoms in total. The molecule has 3 aliphatic rings. The van der Waals surface area contributed by atoms with Gasteiger partial charge in [0, 0.05) is 26.3 Å². The van der Waals surface area contributed by atoms with E-state index < -0.39 is 0 Å². The molecule has 2 atom stereocenters. The van der Waals surface area contributed by atoms with Crippen molar-refractivity contribution >= 4 is 0 Å².